The number of hydrogen-bond acceptors (Lipinski definition) is 4. The highest BCUT2D eigenvalue weighted by molar-refractivity contribution is 9.10. The van der Waals surface area contributed by atoms with E-state index in [1.54, 1.807) is 0 Å². The van der Waals surface area contributed by atoms with Crippen LogP contribution in [0.3, 0.4) is 0 Å². The number of rotatable bonds is 6. The van der Waals surface area contributed by atoms with Gasteiger partial charge in [0.2, 0.25) is 0 Å². The van der Waals surface area contributed by atoms with E-state index < -0.39 is 0 Å². The van der Waals surface area contributed by atoms with Crippen LogP contribution in [0.5, 0.6) is 0 Å². The second-order valence-electron chi connectivity index (χ2n) is 4.65. The normalized spacial score (nSPS) is 18.4. The molecule has 1 aliphatic carbocycles. The molecule has 1 saturated carbocycles. The van der Waals surface area contributed by atoms with Gasteiger partial charge in [0, 0.05) is 17.5 Å². The van der Waals surface area contributed by atoms with Crippen molar-refractivity contribution in [2.45, 2.75) is 50.4 Å². The van der Waals surface area contributed by atoms with E-state index in [1.165, 1.54) is 25.7 Å². The Hall–Kier alpha value is -0.0400. The lowest BCUT2D eigenvalue weighted by atomic mass is 10.2. The molecule has 1 aliphatic rings. The van der Waals surface area contributed by atoms with Gasteiger partial charge in [-0.25, -0.2) is 0 Å². The summed E-state index contributed by atoms with van der Waals surface area (Å²) in [4.78, 5) is 0. The van der Waals surface area contributed by atoms with Gasteiger partial charge in [0.15, 0.2) is 0 Å². The predicted molar refractivity (Wildman–Crippen MR) is 80.4 cm³/mol. The first-order valence-corrected chi connectivity index (χ1v) is 8.39. The van der Waals surface area contributed by atoms with Crippen LogP contribution in [0.25, 0.3) is 0 Å². The van der Waals surface area contributed by atoms with Gasteiger partial charge in [0.25, 0.3) is 0 Å². The largest absolute Gasteiger partial charge is 0.271 e. The number of nitrogens with zero attached hydrogens (tertiary/aromatic N) is 2. The molecule has 0 amide bonds. The van der Waals surface area contributed by atoms with Crippen LogP contribution in [0.4, 0.5) is 0 Å². The lowest BCUT2D eigenvalue weighted by molar-refractivity contribution is 0.525. The monoisotopic (exact) mass is 332 g/mol. The Bertz CT molecular complexity index is 376. The third kappa shape index (κ3) is 3.29. The molecule has 0 aromatic carbocycles. The van der Waals surface area contributed by atoms with Gasteiger partial charge in [0.05, 0.1) is 22.4 Å². The average molecular weight is 333 g/mol. The molecule has 1 fully saturated rings. The van der Waals surface area contributed by atoms with Crippen molar-refractivity contribution >= 4 is 27.7 Å². The summed E-state index contributed by atoms with van der Waals surface area (Å²) in [7, 11) is 0. The van der Waals surface area contributed by atoms with Gasteiger partial charge in [-0.3, -0.25) is 16.0 Å². The van der Waals surface area contributed by atoms with Crippen LogP contribution < -0.4 is 11.3 Å². The summed E-state index contributed by atoms with van der Waals surface area (Å²) in [5, 5.41) is 5.17. The average Bonchev–Trinajstić information content (AvgIpc) is 3.01. The molecule has 6 heteroatoms. The number of hydrogen-bond donors (Lipinski definition) is 2. The Labute approximate surface area is 121 Å². The molecule has 102 valence electrons. The van der Waals surface area contributed by atoms with E-state index in [1.807, 2.05) is 22.6 Å². The van der Waals surface area contributed by atoms with Crippen LogP contribution in [0.2, 0.25) is 0 Å². The van der Waals surface area contributed by atoms with Crippen molar-refractivity contribution in [3.8, 4) is 0 Å². The minimum absolute atomic E-state index is 0.160. The summed E-state index contributed by atoms with van der Waals surface area (Å²) in [6, 6.07) is 0.160. The van der Waals surface area contributed by atoms with Crippen LogP contribution >= 0.6 is 27.7 Å². The number of aromatic nitrogens is 2. The lowest BCUT2D eigenvalue weighted by Gasteiger charge is -2.19. The minimum Gasteiger partial charge on any atom is -0.271 e. The van der Waals surface area contributed by atoms with Crippen LogP contribution in [0.1, 0.15) is 44.3 Å². The Morgan fingerprint density at radius 1 is 1.61 bits per heavy atom. The molecular formula is C12H21BrN4S. The highest BCUT2D eigenvalue weighted by atomic mass is 79.9. The lowest BCUT2D eigenvalue weighted by Crippen LogP contribution is -2.32. The minimum atomic E-state index is 0.160. The zero-order valence-electron chi connectivity index (χ0n) is 10.7. The number of thioether (sulfide) groups is 1. The highest BCUT2D eigenvalue weighted by Crippen LogP contribution is 2.33. The smallest absolute Gasteiger partial charge is 0.0730 e. The van der Waals surface area contributed by atoms with Gasteiger partial charge < -0.3 is 0 Å². The molecule has 0 saturated heterocycles. The fourth-order valence-corrected chi connectivity index (χ4v) is 4.42. The van der Waals surface area contributed by atoms with Crippen LogP contribution in [-0.4, -0.2) is 20.8 Å². The van der Waals surface area contributed by atoms with Gasteiger partial charge in [-0.05, 0) is 35.7 Å². The standard InChI is InChI=1S/C12H21BrN4S/c1-2-17-12(10(13)7-15-17)11(16-14)8-18-9-5-3-4-6-9/h7,9,11,16H,2-6,8,14H2,1H3. The second-order valence-corrected chi connectivity index (χ2v) is 6.84. The third-order valence-electron chi connectivity index (χ3n) is 3.46. The van der Waals surface area contributed by atoms with E-state index in [-0.39, 0.29) is 6.04 Å². The molecule has 1 aromatic rings. The molecule has 1 heterocycles. The van der Waals surface area contributed by atoms with Gasteiger partial charge in [-0.15, -0.1) is 0 Å². The number of hydrazine groups is 1. The molecule has 0 radical (unpaired) electrons. The number of nitrogens with one attached hydrogen (secondary N) is 1. The van der Waals surface area contributed by atoms with E-state index >= 15 is 0 Å². The van der Waals surface area contributed by atoms with Gasteiger partial charge in [-0.1, -0.05) is 12.8 Å². The number of nitrogens with two attached hydrogens (primary N) is 1. The molecule has 0 spiro atoms. The van der Waals surface area contributed by atoms with Crippen LogP contribution in [0.15, 0.2) is 10.7 Å². The zero-order chi connectivity index (χ0) is 13.0. The first kappa shape index (κ1) is 14.4. The first-order chi connectivity index (χ1) is 8.76. The van der Waals surface area contributed by atoms with E-state index in [0.29, 0.717) is 0 Å². The first-order valence-electron chi connectivity index (χ1n) is 6.55. The maximum absolute atomic E-state index is 5.72. The second kappa shape index (κ2) is 6.93. The van der Waals surface area contributed by atoms with Crippen LogP contribution in [0, 0.1) is 0 Å². The van der Waals surface area contributed by atoms with E-state index in [0.717, 1.165) is 27.7 Å². The summed E-state index contributed by atoms with van der Waals surface area (Å²) < 4.78 is 3.04. The van der Waals surface area contributed by atoms with Crippen molar-refractivity contribution in [3.63, 3.8) is 0 Å². The fourth-order valence-electron chi connectivity index (χ4n) is 2.46. The molecule has 0 aliphatic heterocycles. The quantitative estimate of drug-likeness (QED) is 0.621. The Balaban J connectivity index is 2.00. The molecule has 1 atom stereocenters. The van der Waals surface area contributed by atoms with Crippen LogP contribution in [-0.2, 0) is 6.54 Å². The van der Waals surface area contributed by atoms with Crippen molar-refractivity contribution in [1.82, 2.24) is 15.2 Å². The molecule has 2 rings (SSSR count). The molecule has 0 bridgehead atoms. The Morgan fingerprint density at radius 2 is 2.33 bits per heavy atom. The van der Waals surface area contributed by atoms with Crippen molar-refractivity contribution in [2.75, 3.05) is 5.75 Å². The molecule has 3 N–H and O–H groups in total. The summed E-state index contributed by atoms with van der Waals surface area (Å²) in [6.07, 6.45) is 7.33. The molecule has 4 nitrogen and oxygen atoms in total. The molecule has 1 aromatic heterocycles. The molecule has 1 unspecified atom stereocenters. The molecular weight excluding hydrogens is 312 g/mol. The number of halogens is 1. The van der Waals surface area contributed by atoms with Gasteiger partial charge in [0.1, 0.15) is 0 Å². The Kier molecular flexibility index (Phi) is 5.54. The van der Waals surface area contributed by atoms with Gasteiger partial charge >= 0.3 is 0 Å². The third-order valence-corrected chi connectivity index (χ3v) is 5.54. The zero-order valence-corrected chi connectivity index (χ0v) is 13.1. The van der Waals surface area contributed by atoms with Crippen molar-refractivity contribution < 1.29 is 0 Å². The maximum atomic E-state index is 5.72. The van der Waals surface area contributed by atoms with E-state index in [4.69, 9.17) is 5.84 Å². The molecule has 18 heavy (non-hydrogen) atoms. The maximum Gasteiger partial charge on any atom is 0.0730 e. The van der Waals surface area contributed by atoms with Gasteiger partial charge in [-0.2, -0.15) is 16.9 Å². The van der Waals surface area contributed by atoms with E-state index in [9.17, 15) is 0 Å². The van der Waals surface area contributed by atoms with Crippen molar-refractivity contribution in [3.05, 3.63) is 16.4 Å². The van der Waals surface area contributed by atoms with Crippen molar-refractivity contribution in [1.29, 1.82) is 0 Å². The SMILES string of the molecule is CCn1ncc(Br)c1C(CSC1CCCC1)NN. The summed E-state index contributed by atoms with van der Waals surface area (Å²) in [6.45, 7) is 2.97. The summed E-state index contributed by atoms with van der Waals surface area (Å²) in [5.41, 5.74) is 4.09. The predicted octanol–water partition coefficient (Wildman–Crippen LogP) is 2.85. The number of aryl methyl sites for hydroxylation is 1. The summed E-state index contributed by atoms with van der Waals surface area (Å²) >= 11 is 5.60. The van der Waals surface area contributed by atoms with Crippen molar-refractivity contribution in [2.24, 2.45) is 5.84 Å². The van der Waals surface area contributed by atoms with E-state index in [2.05, 4.69) is 33.4 Å². The summed E-state index contributed by atoms with van der Waals surface area (Å²) in [5.74, 6) is 6.72. The highest BCUT2D eigenvalue weighted by Gasteiger charge is 2.22. The Morgan fingerprint density at radius 3 is 2.94 bits per heavy atom. The fraction of sp³-hybridized carbons (Fsp3) is 0.750. The topological polar surface area (TPSA) is 55.9 Å².